The van der Waals surface area contributed by atoms with Gasteiger partial charge in [-0.05, 0) is 31.4 Å². The quantitative estimate of drug-likeness (QED) is 0.684. The number of carbonyl (C=O) groups is 1. The van der Waals surface area contributed by atoms with Gasteiger partial charge in [-0.25, -0.2) is 9.97 Å². The van der Waals surface area contributed by atoms with Gasteiger partial charge in [0.15, 0.2) is 18.2 Å². The molecular weight excluding hydrogens is 320 g/mol. The Morgan fingerprint density at radius 1 is 1.16 bits per heavy atom. The van der Waals surface area contributed by atoms with Crippen LogP contribution in [0, 0.1) is 0 Å². The van der Waals surface area contributed by atoms with E-state index in [-0.39, 0.29) is 12.5 Å². The molecule has 4 N–H and O–H groups in total. The third-order valence-corrected chi connectivity index (χ3v) is 3.95. The molecule has 1 saturated heterocycles. The molecule has 1 aromatic heterocycles. The topological polar surface area (TPSA) is 105 Å². The number of anilines is 3. The molecule has 0 unspecified atom stereocenters. The highest BCUT2D eigenvalue weighted by atomic mass is 16.5. The fraction of sp³-hybridized carbons (Fsp3) is 0.353. The Morgan fingerprint density at radius 3 is 2.68 bits per heavy atom. The van der Waals surface area contributed by atoms with Crippen LogP contribution in [0.5, 0.6) is 5.75 Å². The number of nitrogen functional groups attached to an aromatic ring is 1. The number of carbonyl (C=O) groups excluding carboxylic acids is 1. The van der Waals surface area contributed by atoms with Crippen molar-refractivity contribution < 1.29 is 9.53 Å². The van der Waals surface area contributed by atoms with E-state index >= 15 is 0 Å². The molecule has 25 heavy (non-hydrogen) atoms. The van der Waals surface area contributed by atoms with Crippen molar-refractivity contribution in [1.82, 2.24) is 15.4 Å². The summed E-state index contributed by atoms with van der Waals surface area (Å²) < 4.78 is 5.38. The van der Waals surface area contributed by atoms with Crippen LogP contribution in [0.15, 0.2) is 36.7 Å². The van der Waals surface area contributed by atoms with Gasteiger partial charge < -0.3 is 15.4 Å². The largest absolute Gasteiger partial charge is 0.484 e. The van der Waals surface area contributed by atoms with E-state index in [1.807, 2.05) is 18.2 Å². The Labute approximate surface area is 146 Å². The highest BCUT2D eigenvalue weighted by Crippen LogP contribution is 2.27. The number of amides is 1. The number of hydrogen-bond donors (Lipinski definition) is 3. The van der Waals surface area contributed by atoms with Crippen molar-refractivity contribution in [3.05, 3.63) is 36.7 Å². The smallest absolute Gasteiger partial charge is 0.276 e. The van der Waals surface area contributed by atoms with E-state index in [4.69, 9.17) is 10.5 Å². The number of nitrogens with one attached hydrogen (secondary N) is 2. The second-order valence-corrected chi connectivity index (χ2v) is 5.78. The lowest BCUT2D eigenvalue weighted by Crippen LogP contribution is -2.35. The summed E-state index contributed by atoms with van der Waals surface area (Å²) in [4.78, 5) is 22.4. The highest BCUT2D eigenvalue weighted by Gasteiger charge is 2.17. The van der Waals surface area contributed by atoms with Gasteiger partial charge in [0.25, 0.3) is 5.91 Å². The zero-order valence-corrected chi connectivity index (χ0v) is 13.9. The Bertz CT molecular complexity index is 704. The molecule has 132 valence electrons. The summed E-state index contributed by atoms with van der Waals surface area (Å²) in [6.45, 7) is 1.75. The standard InChI is InChI=1S/C17H22N6O2/c18-15-16(19-12-20-17(15)23-9-5-2-6-10-23)22-21-14(24)11-25-13-7-3-1-4-8-13/h1,3-4,7-8,12H,2,5-6,9-11,18H2,(H,21,24)(H,19,20,22). The SMILES string of the molecule is Nc1c(NNC(=O)COc2ccccc2)ncnc1N1CCCCC1. The Kier molecular flexibility index (Phi) is 5.50. The minimum Gasteiger partial charge on any atom is -0.484 e. The number of para-hydroxylation sites is 1. The van der Waals surface area contributed by atoms with Crippen molar-refractivity contribution in [3.8, 4) is 5.75 Å². The van der Waals surface area contributed by atoms with Gasteiger partial charge in [0.05, 0.1) is 0 Å². The Hall–Kier alpha value is -3.03. The lowest BCUT2D eigenvalue weighted by Gasteiger charge is -2.28. The summed E-state index contributed by atoms with van der Waals surface area (Å²) in [7, 11) is 0. The number of ether oxygens (including phenoxy) is 1. The fourth-order valence-electron chi connectivity index (χ4n) is 2.67. The average Bonchev–Trinajstić information content (AvgIpc) is 2.67. The van der Waals surface area contributed by atoms with Crippen LogP contribution in [-0.2, 0) is 4.79 Å². The zero-order chi connectivity index (χ0) is 17.5. The number of hydrogen-bond acceptors (Lipinski definition) is 7. The van der Waals surface area contributed by atoms with Crippen LogP contribution < -0.4 is 26.2 Å². The number of nitrogens with zero attached hydrogens (tertiary/aromatic N) is 3. The predicted octanol–water partition coefficient (Wildman–Crippen LogP) is 1.57. The molecular formula is C17H22N6O2. The summed E-state index contributed by atoms with van der Waals surface area (Å²) in [6.07, 6.45) is 4.92. The predicted molar refractivity (Wildman–Crippen MR) is 96.2 cm³/mol. The molecule has 0 bridgehead atoms. The van der Waals surface area contributed by atoms with Gasteiger partial charge in [0.2, 0.25) is 0 Å². The molecule has 0 radical (unpaired) electrons. The van der Waals surface area contributed by atoms with Gasteiger partial charge in [-0.15, -0.1) is 0 Å². The molecule has 0 spiro atoms. The minimum absolute atomic E-state index is 0.110. The molecule has 8 heteroatoms. The van der Waals surface area contributed by atoms with Gasteiger partial charge in [-0.2, -0.15) is 0 Å². The summed E-state index contributed by atoms with van der Waals surface area (Å²) in [5.74, 6) is 1.38. The molecule has 1 aliphatic rings. The van der Waals surface area contributed by atoms with Crippen LogP contribution in [0.1, 0.15) is 19.3 Å². The van der Waals surface area contributed by atoms with Crippen LogP contribution in [-0.4, -0.2) is 35.6 Å². The monoisotopic (exact) mass is 342 g/mol. The number of piperidine rings is 1. The maximum absolute atomic E-state index is 11.9. The number of nitrogens with two attached hydrogens (primary N) is 1. The van der Waals surface area contributed by atoms with Gasteiger partial charge in [-0.1, -0.05) is 18.2 Å². The van der Waals surface area contributed by atoms with Crippen molar-refractivity contribution in [1.29, 1.82) is 0 Å². The second-order valence-electron chi connectivity index (χ2n) is 5.78. The molecule has 0 atom stereocenters. The van der Waals surface area contributed by atoms with Crippen LogP contribution in [0.3, 0.4) is 0 Å². The van der Waals surface area contributed by atoms with E-state index in [1.54, 1.807) is 12.1 Å². The van der Waals surface area contributed by atoms with Crippen LogP contribution >= 0.6 is 0 Å². The molecule has 3 rings (SSSR count). The summed E-state index contributed by atoms with van der Waals surface area (Å²) in [5, 5.41) is 0. The number of aromatic nitrogens is 2. The summed E-state index contributed by atoms with van der Waals surface area (Å²) in [6, 6.07) is 9.14. The zero-order valence-electron chi connectivity index (χ0n) is 13.9. The van der Waals surface area contributed by atoms with Crippen molar-refractivity contribution >= 4 is 23.2 Å². The van der Waals surface area contributed by atoms with E-state index in [2.05, 4.69) is 25.7 Å². The molecule has 2 heterocycles. The first-order valence-electron chi connectivity index (χ1n) is 8.32. The first-order valence-corrected chi connectivity index (χ1v) is 8.32. The minimum atomic E-state index is -0.332. The molecule has 8 nitrogen and oxygen atoms in total. The van der Waals surface area contributed by atoms with Crippen molar-refractivity contribution in [3.63, 3.8) is 0 Å². The fourth-order valence-corrected chi connectivity index (χ4v) is 2.67. The van der Waals surface area contributed by atoms with E-state index < -0.39 is 0 Å². The van der Waals surface area contributed by atoms with Gasteiger partial charge in [0.1, 0.15) is 17.8 Å². The van der Waals surface area contributed by atoms with Crippen LogP contribution in [0.4, 0.5) is 17.3 Å². The van der Waals surface area contributed by atoms with Crippen molar-refractivity contribution in [2.45, 2.75) is 19.3 Å². The van der Waals surface area contributed by atoms with Gasteiger partial charge >= 0.3 is 0 Å². The molecule has 0 aliphatic carbocycles. The number of hydrazine groups is 1. The normalized spacial score (nSPS) is 14.0. The van der Waals surface area contributed by atoms with Crippen LogP contribution in [0.2, 0.25) is 0 Å². The third-order valence-electron chi connectivity index (χ3n) is 3.95. The molecule has 1 aliphatic heterocycles. The van der Waals surface area contributed by atoms with E-state index in [0.29, 0.717) is 23.1 Å². The summed E-state index contributed by atoms with van der Waals surface area (Å²) >= 11 is 0. The maximum atomic E-state index is 11.9. The lowest BCUT2D eigenvalue weighted by molar-refractivity contribution is -0.122. The first kappa shape index (κ1) is 16.8. The number of rotatable bonds is 6. The molecule has 1 amide bonds. The van der Waals surface area contributed by atoms with E-state index in [9.17, 15) is 4.79 Å². The number of benzene rings is 1. The van der Waals surface area contributed by atoms with Crippen molar-refractivity contribution in [2.24, 2.45) is 0 Å². The maximum Gasteiger partial charge on any atom is 0.276 e. The van der Waals surface area contributed by atoms with E-state index in [1.165, 1.54) is 12.7 Å². The van der Waals surface area contributed by atoms with Gasteiger partial charge in [-0.3, -0.25) is 15.6 Å². The van der Waals surface area contributed by atoms with Crippen molar-refractivity contribution in [2.75, 3.05) is 35.8 Å². The molecule has 0 saturated carbocycles. The average molecular weight is 342 g/mol. The Balaban J connectivity index is 1.54. The summed E-state index contributed by atoms with van der Waals surface area (Å²) in [5.41, 5.74) is 11.9. The van der Waals surface area contributed by atoms with E-state index in [0.717, 1.165) is 25.9 Å². The molecule has 2 aromatic rings. The third kappa shape index (κ3) is 4.50. The first-order chi connectivity index (χ1) is 12.2. The second kappa shape index (κ2) is 8.18. The van der Waals surface area contributed by atoms with Gasteiger partial charge in [0, 0.05) is 13.1 Å². The lowest BCUT2D eigenvalue weighted by atomic mass is 10.1. The molecule has 1 aromatic carbocycles. The molecule has 1 fully saturated rings. The van der Waals surface area contributed by atoms with Crippen LogP contribution in [0.25, 0.3) is 0 Å². The highest BCUT2D eigenvalue weighted by molar-refractivity contribution is 5.81. The Morgan fingerprint density at radius 2 is 1.92 bits per heavy atom.